The summed E-state index contributed by atoms with van der Waals surface area (Å²) >= 11 is 1.00. The van der Waals surface area contributed by atoms with E-state index >= 15 is 0 Å². The van der Waals surface area contributed by atoms with Crippen LogP contribution in [0, 0.1) is 0 Å². The van der Waals surface area contributed by atoms with Crippen molar-refractivity contribution in [1.82, 2.24) is 14.2 Å². The van der Waals surface area contributed by atoms with Crippen LogP contribution in [0.5, 0.6) is 0 Å². The van der Waals surface area contributed by atoms with Crippen LogP contribution in [0.4, 0.5) is 0 Å². The van der Waals surface area contributed by atoms with Gasteiger partial charge < -0.3 is 14.0 Å². The number of nitrogens with zero attached hydrogens (tertiary/aromatic N) is 2. The van der Waals surface area contributed by atoms with Gasteiger partial charge in [0.15, 0.2) is 0 Å². The van der Waals surface area contributed by atoms with Crippen LogP contribution in [0.25, 0.3) is 0 Å². The Balaban J connectivity index is 2.01. The first-order valence-corrected chi connectivity index (χ1v) is 10.6. The zero-order valence-corrected chi connectivity index (χ0v) is 16.6. The summed E-state index contributed by atoms with van der Waals surface area (Å²) in [6.07, 6.45) is 1.33. The third kappa shape index (κ3) is 5.54. The number of carbonyl (C=O) groups excluding carboxylic acids is 3. The number of thioether (sulfide) groups is 1. The van der Waals surface area contributed by atoms with Gasteiger partial charge in [-0.25, -0.2) is 8.42 Å². The molecule has 0 saturated carbocycles. The maximum Gasteiger partial charge on any atom is 0.315 e. The van der Waals surface area contributed by atoms with Crippen molar-refractivity contribution in [3.63, 3.8) is 0 Å². The minimum absolute atomic E-state index is 0.00972. The van der Waals surface area contributed by atoms with Crippen LogP contribution in [0.3, 0.4) is 0 Å². The van der Waals surface area contributed by atoms with Crippen molar-refractivity contribution < 1.29 is 32.3 Å². The Hall–Kier alpha value is -1.89. The molecular formula is C15H21N3O7S2. The SMILES string of the molecule is COC(=O)CSCC(=O)NC(=O)c1cc(S(=O)(=O)N2CCOCC2)cn1C. The molecule has 1 aliphatic heterocycles. The standard InChI is InChI=1S/C15H21N3O7S2/c1-17-8-11(27(22,23)18-3-5-25-6-4-18)7-12(17)15(21)16-13(19)9-26-10-14(20)24-2/h7-8H,3-6,9-10H2,1-2H3,(H,16,19,21). The van der Waals surface area contributed by atoms with Crippen LogP contribution in [0.15, 0.2) is 17.2 Å². The Kier molecular flexibility index (Phi) is 7.41. The van der Waals surface area contributed by atoms with Gasteiger partial charge in [-0.2, -0.15) is 4.31 Å². The summed E-state index contributed by atoms with van der Waals surface area (Å²) in [5.41, 5.74) is 0.0353. The predicted molar refractivity (Wildman–Crippen MR) is 96.8 cm³/mol. The molecule has 0 spiro atoms. The fourth-order valence-corrected chi connectivity index (χ4v) is 4.47. The molecule has 2 heterocycles. The molecule has 1 aromatic heterocycles. The summed E-state index contributed by atoms with van der Waals surface area (Å²) in [6, 6.07) is 1.23. The van der Waals surface area contributed by atoms with Crippen molar-refractivity contribution in [2.24, 2.45) is 7.05 Å². The third-order valence-electron chi connectivity index (χ3n) is 3.75. The molecular weight excluding hydrogens is 398 g/mol. The van der Waals surface area contributed by atoms with Gasteiger partial charge in [-0.1, -0.05) is 0 Å². The average molecular weight is 419 g/mol. The van der Waals surface area contributed by atoms with E-state index < -0.39 is 27.8 Å². The van der Waals surface area contributed by atoms with E-state index in [9.17, 15) is 22.8 Å². The number of imide groups is 1. The molecule has 2 amide bonds. The van der Waals surface area contributed by atoms with Gasteiger partial charge in [-0.3, -0.25) is 19.7 Å². The largest absolute Gasteiger partial charge is 0.468 e. The molecule has 0 radical (unpaired) electrons. The molecule has 1 aliphatic rings. The summed E-state index contributed by atoms with van der Waals surface area (Å²) in [5.74, 6) is -1.90. The van der Waals surface area contributed by atoms with Crippen molar-refractivity contribution in [2.45, 2.75) is 4.90 Å². The predicted octanol–water partition coefficient (Wildman–Crippen LogP) is -0.791. The number of aromatic nitrogens is 1. The highest BCUT2D eigenvalue weighted by molar-refractivity contribution is 8.00. The first-order chi connectivity index (χ1) is 12.8. The molecule has 1 aromatic rings. The average Bonchev–Trinajstić information content (AvgIpc) is 3.05. The normalized spacial score (nSPS) is 15.3. The van der Waals surface area contributed by atoms with Gasteiger partial charge in [0.05, 0.1) is 31.8 Å². The van der Waals surface area contributed by atoms with Crippen molar-refractivity contribution in [3.8, 4) is 0 Å². The highest BCUT2D eigenvalue weighted by Crippen LogP contribution is 2.19. The summed E-state index contributed by atoms with van der Waals surface area (Å²) in [5, 5.41) is 2.17. The number of carbonyl (C=O) groups is 3. The number of amides is 2. The lowest BCUT2D eigenvalue weighted by Gasteiger charge is -2.25. The van der Waals surface area contributed by atoms with Crippen LogP contribution in [0.2, 0.25) is 0 Å². The lowest BCUT2D eigenvalue weighted by molar-refractivity contribution is -0.137. The maximum atomic E-state index is 12.6. The molecule has 0 aromatic carbocycles. The number of hydrogen-bond donors (Lipinski definition) is 1. The first-order valence-electron chi connectivity index (χ1n) is 7.98. The molecule has 0 atom stereocenters. The monoisotopic (exact) mass is 419 g/mol. The van der Waals surface area contributed by atoms with E-state index in [1.807, 2.05) is 0 Å². The highest BCUT2D eigenvalue weighted by Gasteiger charge is 2.29. The lowest BCUT2D eigenvalue weighted by atomic mass is 10.4. The molecule has 0 aliphatic carbocycles. The Morgan fingerprint density at radius 1 is 1.26 bits per heavy atom. The molecule has 27 heavy (non-hydrogen) atoms. The Labute approximate surface area is 161 Å². The fourth-order valence-electron chi connectivity index (χ4n) is 2.35. The molecule has 150 valence electrons. The van der Waals surface area contributed by atoms with Gasteiger partial charge in [0.1, 0.15) is 10.6 Å². The number of nitrogens with one attached hydrogen (secondary N) is 1. The van der Waals surface area contributed by atoms with Gasteiger partial charge >= 0.3 is 5.97 Å². The molecule has 1 N–H and O–H groups in total. The number of morpholine rings is 1. The number of aryl methyl sites for hydroxylation is 1. The second kappa shape index (κ2) is 9.35. The second-order valence-electron chi connectivity index (χ2n) is 5.63. The van der Waals surface area contributed by atoms with Gasteiger partial charge in [0.2, 0.25) is 15.9 Å². The van der Waals surface area contributed by atoms with Gasteiger partial charge in [-0.05, 0) is 6.07 Å². The highest BCUT2D eigenvalue weighted by atomic mass is 32.2. The van der Waals surface area contributed by atoms with Crippen molar-refractivity contribution in [2.75, 3.05) is 44.9 Å². The summed E-state index contributed by atoms with van der Waals surface area (Å²) in [7, 11) is -0.982. The number of hydrogen-bond acceptors (Lipinski definition) is 8. The quantitative estimate of drug-likeness (QED) is 0.570. The number of methoxy groups -OCH3 is 1. The molecule has 0 unspecified atom stereocenters. The van der Waals surface area contributed by atoms with E-state index in [4.69, 9.17) is 4.74 Å². The molecule has 0 bridgehead atoms. The summed E-state index contributed by atoms with van der Waals surface area (Å²) < 4.78 is 37.5. The number of ether oxygens (including phenoxy) is 2. The second-order valence-corrected chi connectivity index (χ2v) is 8.56. The topological polar surface area (TPSA) is 124 Å². The molecule has 1 fully saturated rings. The van der Waals surface area contributed by atoms with Crippen LogP contribution >= 0.6 is 11.8 Å². The number of esters is 1. The van der Waals surface area contributed by atoms with E-state index in [1.165, 1.54) is 35.3 Å². The zero-order chi connectivity index (χ0) is 20.0. The van der Waals surface area contributed by atoms with Crippen LogP contribution in [0.1, 0.15) is 10.5 Å². The van der Waals surface area contributed by atoms with Crippen LogP contribution in [-0.2, 0) is 36.1 Å². The van der Waals surface area contributed by atoms with E-state index in [0.29, 0.717) is 13.2 Å². The zero-order valence-electron chi connectivity index (χ0n) is 15.0. The minimum Gasteiger partial charge on any atom is -0.468 e. The van der Waals surface area contributed by atoms with Crippen LogP contribution < -0.4 is 5.32 Å². The van der Waals surface area contributed by atoms with Crippen molar-refractivity contribution in [1.29, 1.82) is 0 Å². The molecule has 2 rings (SSSR count). The maximum absolute atomic E-state index is 12.6. The lowest BCUT2D eigenvalue weighted by Crippen LogP contribution is -2.40. The molecule has 12 heteroatoms. The van der Waals surface area contributed by atoms with E-state index in [-0.39, 0.29) is 35.2 Å². The molecule has 1 saturated heterocycles. The minimum atomic E-state index is -3.74. The van der Waals surface area contributed by atoms with E-state index in [2.05, 4.69) is 10.1 Å². The smallest absolute Gasteiger partial charge is 0.315 e. The summed E-state index contributed by atoms with van der Waals surface area (Å²) in [6.45, 7) is 1.12. The Bertz CT molecular complexity index is 813. The van der Waals surface area contributed by atoms with Crippen LogP contribution in [-0.4, -0.2) is 80.0 Å². The molecule has 10 nitrogen and oxygen atoms in total. The van der Waals surface area contributed by atoms with Gasteiger partial charge in [0, 0.05) is 26.3 Å². The Morgan fingerprint density at radius 2 is 1.93 bits per heavy atom. The van der Waals surface area contributed by atoms with Gasteiger partial charge in [0.25, 0.3) is 5.91 Å². The van der Waals surface area contributed by atoms with Crippen molar-refractivity contribution >= 4 is 39.6 Å². The van der Waals surface area contributed by atoms with E-state index in [1.54, 1.807) is 0 Å². The number of rotatable bonds is 7. The first kappa shape index (κ1) is 21.4. The fraction of sp³-hybridized carbons (Fsp3) is 0.533. The third-order valence-corrected chi connectivity index (χ3v) is 6.52. The Morgan fingerprint density at radius 3 is 2.56 bits per heavy atom. The number of sulfonamides is 1. The van der Waals surface area contributed by atoms with E-state index in [0.717, 1.165) is 11.8 Å². The summed E-state index contributed by atoms with van der Waals surface area (Å²) in [4.78, 5) is 35.0. The van der Waals surface area contributed by atoms with Gasteiger partial charge in [-0.15, -0.1) is 11.8 Å². The van der Waals surface area contributed by atoms with Crippen molar-refractivity contribution in [3.05, 3.63) is 18.0 Å².